The molecular weight excluding hydrogens is 222 g/mol. The predicted octanol–water partition coefficient (Wildman–Crippen LogP) is 1.47. The molecule has 0 saturated carbocycles. The second kappa shape index (κ2) is 4.78. The Morgan fingerprint density at radius 3 is 3.06 bits per heavy atom. The molecule has 0 amide bonds. The minimum Gasteiger partial charge on any atom is -0.384 e. The highest BCUT2D eigenvalue weighted by Crippen LogP contribution is 2.21. The summed E-state index contributed by atoms with van der Waals surface area (Å²) >= 11 is 1.59. The number of aliphatic hydroxyl groups is 1. The van der Waals surface area contributed by atoms with E-state index < -0.39 is 5.60 Å². The van der Waals surface area contributed by atoms with E-state index >= 15 is 0 Å². The fourth-order valence-corrected chi connectivity index (χ4v) is 2.28. The van der Waals surface area contributed by atoms with Crippen LogP contribution < -0.4 is 5.32 Å². The van der Waals surface area contributed by atoms with Crippen LogP contribution in [0.25, 0.3) is 0 Å². The Bertz CT molecular complexity index is 408. The number of aromatic nitrogens is 2. The lowest BCUT2D eigenvalue weighted by molar-refractivity contribution is 0.0570. The van der Waals surface area contributed by atoms with Crippen LogP contribution in [0.2, 0.25) is 0 Å². The number of rotatable bonds is 5. The van der Waals surface area contributed by atoms with Gasteiger partial charge in [0.2, 0.25) is 0 Å². The number of nitrogens with zero attached hydrogens (tertiary/aromatic N) is 1. The van der Waals surface area contributed by atoms with E-state index in [1.807, 2.05) is 29.8 Å². The summed E-state index contributed by atoms with van der Waals surface area (Å²) in [6.45, 7) is 3.01. The largest absolute Gasteiger partial charge is 0.384 e. The first-order valence-corrected chi connectivity index (χ1v) is 6.07. The predicted molar refractivity (Wildman–Crippen MR) is 64.2 cm³/mol. The quantitative estimate of drug-likeness (QED) is 0.738. The van der Waals surface area contributed by atoms with Crippen LogP contribution in [0.5, 0.6) is 0 Å². The fourth-order valence-electron chi connectivity index (χ4n) is 1.50. The lowest BCUT2D eigenvalue weighted by atomic mass is 9.99. The minimum atomic E-state index is -0.819. The van der Waals surface area contributed by atoms with Gasteiger partial charge in [0, 0.05) is 25.0 Å². The van der Waals surface area contributed by atoms with Gasteiger partial charge in [-0.1, -0.05) is 0 Å². The first-order valence-electron chi connectivity index (χ1n) is 5.12. The van der Waals surface area contributed by atoms with Crippen LogP contribution in [0.1, 0.15) is 18.2 Å². The van der Waals surface area contributed by atoms with Crippen molar-refractivity contribution in [2.24, 2.45) is 0 Å². The van der Waals surface area contributed by atoms with E-state index in [-0.39, 0.29) is 0 Å². The molecule has 0 saturated heterocycles. The molecule has 5 heteroatoms. The number of aromatic amines is 1. The Kier molecular flexibility index (Phi) is 3.38. The Morgan fingerprint density at radius 2 is 2.44 bits per heavy atom. The van der Waals surface area contributed by atoms with Crippen LogP contribution >= 0.6 is 11.3 Å². The third-order valence-corrected chi connectivity index (χ3v) is 3.17. The molecule has 2 rings (SSSR count). The van der Waals surface area contributed by atoms with Crippen molar-refractivity contribution < 1.29 is 5.11 Å². The molecule has 16 heavy (non-hydrogen) atoms. The lowest BCUT2D eigenvalue weighted by Crippen LogP contribution is -2.34. The third-order valence-electron chi connectivity index (χ3n) is 2.49. The monoisotopic (exact) mass is 237 g/mol. The average molecular weight is 237 g/mol. The molecule has 0 aromatic carbocycles. The van der Waals surface area contributed by atoms with Crippen LogP contribution in [0.3, 0.4) is 0 Å². The Hall–Kier alpha value is -1.17. The lowest BCUT2D eigenvalue weighted by Gasteiger charge is -2.22. The summed E-state index contributed by atoms with van der Waals surface area (Å²) in [7, 11) is 0. The summed E-state index contributed by atoms with van der Waals surface area (Å²) in [5.41, 5.74) is 1.15. The van der Waals surface area contributed by atoms with Crippen molar-refractivity contribution in [3.63, 3.8) is 0 Å². The van der Waals surface area contributed by atoms with Gasteiger partial charge in [0.25, 0.3) is 0 Å². The van der Waals surface area contributed by atoms with Crippen molar-refractivity contribution in [1.29, 1.82) is 0 Å². The van der Waals surface area contributed by atoms with Gasteiger partial charge < -0.3 is 10.4 Å². The zero-order valence-corrected chi connectivity index (χ0v) is 9.92. The van der Waals surface area contributed by atoms with E-state index in [0.717, 1.165) is 11.3 Å². The van der Waals surface area contributed by atoms with Crippen molar-refractivity contribution >= 4 is 11.3 Å². The maximum atomic E-state index is 10.2. The van der Waals surface area contributed by atoms with Gasteiger partial charge in [-0.2, -0.15) is 16.4 Å². The number of hydrogen-bond acceptors (Lipinski definition) is 4. The van der Waals surface area contributed by atoms with Gasteiger partial charge in [-0.3, -0.25) is 5.10 Å². The molecule has 0 aliphatic carbocycles. The van der Waals surface area contributed by atoms with Crippen LogP contribution in [0, 0.1) is 0 Å². The van der Waals surface area contributed by atoms with Crippen LogP contribution in [0.4, 0.5) is 0 Å². The molecule has 1 atom stereocenters. The summed E-state index contributed by atoms with van der Waals surface area (Å²) in [5, 5.41) is 24.1. The molecule has 0 bridgehead atoms. The highest BCUT2D eigenvalue weighted by atomic mass is 32.1. The van der Waals surface area contributed by atoms with E-state index in [9.17, 15) is 5.11 Å². The molecule has 86 valence electrons. The molecule has 1 unspecified atom stereocenters. The molecule has 0 radical (unpaired) electrons. The van der Waals surface area contributed by atoms with Gasteiger partial charge in [0.15, 0.2) is 0 Å². The Labute approximate surface area is 98.3 Å². The molecule has 0 aliphatic rings. The van der Waals surface area contributed by atoms with Crippen molar-refractivity contribution in [3.05, 3.63) is 40.3 Å². The van der Waals surface area contributed by atoms with E-state index in [4.69, 9.17) is 0 Å². The van der Waals surface area contributed by atoms with E-state index in [1.165, 1.54) is 0 Å². The number of nitrogens with one attached hydrogen (secondary N) is 2. The Morgan fingerprint density at radius 1 is 1.56 bits per heavy atom. The zero-order valence-electron chi connectivity index (χ0n) is 9.10. The molecule has 2 heterocycles. The van der Waals surface area contributed by atoms with Crippen molar-refractivity contribution in [2.45, 2.75) is 19.1 Å². The average Bonchev–Trinajstić information content (AvgIpc) is 2.90. The zero-order chi connectivity index (χ0) is 11.4. The molecule has 0 spiro atoms. The molecule has 4 nitrogen and oxygen atoms in total. The molecule has 2 aromatic heterocycles. The summed E-state index contributed by atoms with van der Waals surface area (Å²) in [6.07, 6.45) is 1.72. The van der Waals surface area contributed by atoms with Crippen LogP contribution in [-0.2, 0) is 12.1 Å². The molecule has 0 fully saturated rings. The number of hydrogen-bond donors (Lipinski definition) is 3. The summed E-state index contributed by atoms with van der Waals surface area (Å²) in [5.74, 6) is 0. The van der Waals surface area contributed by atoms with Gasteiger partial charge in [-0.15, -0.1) is 0 Å². The third kappa shape index (κ3) is 2.69. The number of thiophene rings is 1. The highest BCUT2D eigenvalue weighted by Gasteiger charge is 2.22. The molecule has 0 aliphatic heterocycles. The first kappa shape index (κ1) is 11.3. The molecular formula is C11H15N3OS. The Balaban J connectivity index is 1.85. The second-order valence-electron chi connectivity index (χ2n) is 3.97. The summed E-state index contributed by atoms with van der Waals surface area (Å²) in [6, 6.07) is 3.86. The van der Waals surface area contributed by atoms with Crippen LogP contribution in [-0.4, -0.2) is 21.8 Å². The standard InChI is InChI=1S/C11H15N3OS/c1-11(15,9-3-5-16-7-9)8-12-6-10-2-4-13-14-10/h2-5,7,12,15H,6,8H2,1H3,(H,13,14). The summed E-state index contributed by atoms with van der Waals surface area (Å²) in [4.78, 5) is 0. The van der Waals surface area contributed by atoms with Gasteiger partial charge in [0.1, 0.15) is 0 Å². The normalized spacial score (nSPS) is 14.9. The van der Waals surface area contributed by atoms with Gasteiger partial charge in [-0.25, -0.2) is 0 Å². The first-order chi connectivity index (χ1) is 7.68. The fraction of sp³-hybridized carbons (Fsp3) is 0.364. The van der Waals surface area contributed by atoms with Crippen LogP contribution in [0.15, 0.2) is 29.1 Å². The second-order valence-corrected chi connectivity index (χ2v) is 4.75. The summed E-state index contributed by atoms with van der Waals surface area (Å²) < 4.78 is 0. The SMILES string of the molecule is CC(O)(CNCc1ccn[nH]1)c1ccsc1. The van der Waals surface area contributed by atoms with Crippen molar-refractivity contribution in [2.75, 3.05) is 6.54 Å². The van der Waals surface area contributed by atoms with Gasteiger partial charge >= 0.3 is 0 Å². The highest BCUT2D eigenvalue weighted by molar-refractivity contribution is 7.08. The maximum absolute atomic E-state index is 10.2. The molecule has 2 aromatic rings. The maximum Gasteiger partial charge on any atom is 0.1000 e. The van der Waals surface area contributed by atoms with Crippen molar-refractivity contribution in [3.8, 4) is 0 Å². The van der Waals surface area contributed by atoms with Crippen molar-refractivity contribution in [1.82, 2.24) is 15.5 Å². The topological polar surface area (TPSA) is 60.9 Å². The van der Waals surface area contributed by atoms with E-state index in [2.05, 4.69) is 15.5 Å². The number of H-pyrrole nitrogens is 1. The van der Waals surface area contributed by atoms with Gasteiger partial charge in [0.05, 0.1) is 5.60 Å². The van der Waals surface area contributed by atoms with E-state index in [0.29, 0.717) is 13.1 Å². The van der Waals surface area contributed by atoms with Gasteiger partial charge in [-0.05, 0) is 35.4 Å². The molecule has 3 N–H and O–H groups in total. The smallest absolute Gasteiger partial charge is 0.1000 e. The van der Waals surface area contributed by atoms with E-state index in [1.54, 1.807) is 17.5 Å². The minimum absolute atomic E-state index is 0.517.